The number of hydrogen-bond acceptors (Lipinski definition) is 5. The number of ether oxygens (including phenoxy) is 1. The van der Waals surface area contributed by atoms with Crippen LogP contribution in [0.2, 0.25) is 0 Å². The van der Waals surface area contributed by atoms with Crippen molar-refractivity contribution in [1.82, 2.24) is 18.8 Å². The summed E-state index contributed by atoms with van der Waals surface area (Å²) in [6.45, 7) is 1.31. The van der Waals surface area contributed by atoms with E-state index < -0.39 is 10.0 Å². The predicted octanol–water partition coefficient (Wildman–Crippen LogP) is 2.39. The molecule has 0 unspecified atom stereocenters. The fraction of sp³-hybridized carbons (Fsp3) is 0.304. The quantitative estimate of drug-likeness (QED) is 0.571. The molecule has 2 aromatic carbocycles. The largest absolute Gasteiger partial charge is 0.484 e. The summed E-state index contributed by atoms with van der Waals surface area (Å²) in [6.07, 6.45) is 3.51. The van der Waals surface area contributed by atoms with Crippen LogP contribution in [0.1, 0.15) is 6.42 Å². The summed E-state index contributed by atoms with van der Waals surface area (Å²) >= 11 is 0. The molecule has 0 atom stereocenters. The van der Waals surface area contributed by atoms with Crippen molar-refractivity contribution >= 4 is 15.9 Å². The van der Waals surface area contributed by atoms with Crippen LogP contribution in [-0.4, -0.2) is 65.9 Å². The number of amides is 1. The van der Waals surface area contributed by atoms with Crippen LogP contribution in [0, 0.1) is 0 Å². The molecular weight excluding hydrogens is 428 g/mol. The minimum absolute atomic E-state index is 0.0297. The van der Waals surface area contributed by atoms with E-state index in [1.54, 1.807) is 16.5 Å². The molecule has 1 aliphatic heterocycles. The van der Waals surface area contributed by atoms with Crippen molar-refractivity contribution in [2.45, 2.75) is 11.4 Å². The molecule has 1 aliphatic rings. The normalized spacial score (nSPS) is 15.3. The van der Waals surface area contributed by atoms with Crippen LogP contribution in [0.25, 0.3) is 11.1 Å². The molecule has 3 aromatic rings. The summed E-state index contributed by atoms with van der Waals surface area (Å²) in [7, 11) is -1.94. The Balaban J connectivity index is 1.31. The van der Waals surface area contributed by atoms with Gasteiger partial charge in [-0.1, -0.05) is 42.5 Å². The van der Waals surface area contributed by atoms with Gasteiger partial charge in [0.1, 0.15) is 5.75 Å². The monoisotopic (exact) mass is 454 g/mol. The highest BCUT2D eigenvalue weighted by Gasteiger charge is 2.29. The Morgan fingerprint density at radius 1 is 0.969 bits per heavy atom. The van der Waals surface area contributed by atoms with E-state index in [0.29, 0.717) is 31.8 Å². The average molecular weight is 455 g/mol. The van der Waals surface area contributed by atoms with Gasteiger partial charge < -0.3 is 14.2 Å². The van der Waals surface area contributed by atoms with E-state index in [2.05, 4.69) is 4.98 Å². The maximum absolute atomic E-state index is 12.8. The first-order valence-electron chi connectivity index (χ1n) is 10.5. The molecule has 0 N–H and O–H groups in total. The Morgan fingerprint density at radius 2 is 1.69 bits per heavy atom. The standard InChI is InChI=1S/C23H26N4O4S/c1-25-16-22(24-18-25)32(29,30)27-13-5-12-26(14-15-27)23(28)17-31-21-10-8-20(9-11-21)19-6-3-2-4-7-19/h2-4,6-11,16,18H,5,12-15,17H2,1H3. The third kappa shape index (κ3) is 5.00. The number of nitrogens with zero attached hydrogens (tertiary/aromatic N) is 4. The average Bonchev–Trinajstić information content (AvgIpc) is 3.10. The Bertz CT molecular complexity index is 1160. The van der Waals surface area contributed by atoms with Gasteiger partial charge in [-0.25, -0.2) is 13.4 Å². The first-order valence-corrected chi connectivity index (χ1v) is 11.9. The van der Waals surface area contributed by atoms with Gasteiger partial charge in [-0.05, 0) is 29.7 Å². The van der Waals surface area contributed by atoms with Crippen LogP contribution < -0.4 is 4.74 Å². The fourth-order valence-corrected chi connectivity index (χ4v) is 5.08. The molecule has 4 rings (SSSR count). The fourth-order valence-electron chi connectivity index (χ4n) is 3.65. The number of hydrogen-bond donors (Lipinski definition) is 0. The van der Waals surface area contributed by atoms with E-state index >= 15 is 0 Å². The number of sulfonamides is 1. The third-order valence-corrected chi connectivity index (χ3v) is 7.20. The van der Waals surface area contributed by atoms with Gasteiger partial charge in [0.25, 0.3) is 15.9 Å². The van der Waals surface area contributed by atoms with Crippen LogP contribution in [0.3, 0.4) is 0 Å². The first kappa shape index (κ1) is 22.0. The Kier molecular flexibility index (Phi) is 6.57. The maximum atomic E-state index is 12.8. The second kappa shape index (κ2) is 9.54. The van der Waals surface area contributed by atoms with Crippen molar-refractivity contribution in [3.05, 3.63) is 67.1 Å². The molecule has 1 amide bonds. The van der Waals surface area contributed by atoms with Gasteiger partial charge >= 0.3 is 0 Å². The van der Waals surface area contributed by atoms with Gasteiger partial charge in [-0.15, -0.1) is 0 Å². The number of rotatable bonds is 6. The highest BCUT2D eigenvalue weighted by Crippen LogP contribution is 2.22. The lowest BCUT2D eigenvalue weighted by molar-refractivity contribution is -0.133. The number of carbonyl (C=O) groups excluding carboxylic acids is 1. The lowest BCUT2D eigenvalue weighted by atomic mass is 10.1. The molecule has 9 heteroatoms. The van der Waals surface area contributed by atoms with Crippen molar-refractivity contribution in [2.75, 3.05) is 32.8 Å². The molecule has 0 radical (unpaired) electrons. The molecule has 0 saturated carbocycles. The van der Waals surface area contributed by atoms with Crippen molar-refractivity contribution < 1.29 is 17.9 Å². The third-order valence-electron chi connectivity index (χ3n) is 5.42. The van der Waals surface area contributed by atoms with Crippen molar-refractivity contribution in [1.29, 1.82) is 0 Å². The molecule has 168 valence electrons. The predicted molar refractivity (Wildman–Crippen MR) is 121 cm³/mol. The highest BCUT2D eigenvalue weighted by atomic mass is 32.2. The summed E-state index contributed by atoms with van der Waals surface area (Å²) < 4.78 is 34.3. The summed E-state index contributed by atoms with van der Waals surface area (Å²) in [4.78, 5) is 18.3. The number of aryl methyl sites for hydroxylation is 1. The summed E-state index contributed by atoms with van der Waals surface area (Å²) in [6, 6.07) is 17.6. The molecule has 8 nitrogen and oxygen atoms in total. The first-order chi connectivity index (χ1) is 15.4. The minimum Gasteiger partial charge on any atom is -0.484 e. The van der Waals surface area contributed by atoms with Gasteiger partial charge in [0.15, 0.2) is 11.6 Å². The van der Waals surface area contributed by atoms with Gasteiger partial charge in [-0.2, -0.15) is 4.31 Å². The molecule has 0 bridgehead atoms. The number of carbonyl (C=O) groups is 1. The SMILES string of the molecule is Cn1cnc(S(=O)(=O)N2CCCN(C(=O)COc3ccc(-c4ccccc4)cc3)CC2)c1. The molecule has 1 saturated heterocycles. The number of aromatic nitrogens is 2. The summed E-state index contributed by atoms with van der Waals surface area (Å²) in [5, 5.41) is 0.0297. The van der Waals surface area contributed by atoms with E-state index in [-0.39, 0.29) is 24.1 Å². The van der Waals surface area contributed by atoms with E-state index in [1.165, 1.54) is 16.8 Å². The molecular formula is C23H26N4O4S. The summed E-state index contributed by atoms with van der Waals surface area (Å²) in [5.41, 5.74) is 2.19. The Hall–Kier alpha value is -3.17. The van der Waals surface area contributed by atoms with Crippen molar-refractivity contribution in [2.24, 2.45) is 7.05 Å². The van der Waals surface area contributed by atoms with Crippen LogP contribution in [-0.2, 0) is 21.9 Å². The minimum atomic E-state index is -3.66. The van der Waals surface area contributed by atoms with E-state index in [0.717, 1.165) is 11.1 Å². The molecule has 0 aliphatic carbocycles. The van der Waals surface area contributed by atoms with Crippen LogP contribution >= 0.6 is 0 Å². The van der Waals surface area contributed by atoms with Crippen LogP contribution in [0.5, 0.6) is 5.75 Å². The Labute approximate surface area is 188 Å². The molecule has 2 heterocycles. The second-order valence-electron chi connectivity index (χ2n) is 7.69. The van der Waals surface area contributed by atoms with Crippen molar-refractivity contribution in [3.8, 4) is 16.9 Å². The van der Waals surface area contributed by atoms with Crippen LogP contribution in [0.15, 0.2) is 72.1 Å². The van der Waals surface area contributed by atoms with Gasteiger partial charge in [0.05, 0.1) is 6.33 Å². The molecule has 32 heavy (non-hydrogen) atoms. The molecule has 1 aromatic heterocycles. The van der Waals surface area contributed by atoms with E-state index in [4.69, 9.17) is 4.74 Å². The zero-order chi connectivity index (χ0) is 22.6. The zero-order valence-electron chi connectivity index (χ0n) is 17.9. The van der Waals surface area contributed by atoms with Gasteiger partial charge in [0.2, 0.25) is 0 Å². The van der Waals surface area contributed by atoms with Crippen LogP contribution in [0.4, 0.5) is 0 Å². The van der Waals surface area contributed by atoms with Gasteiger partial charge in [0, 0.05) is 39.4 Å². The second-order valence-corrected chi connectivity index (χ2v) is 9.58. The Morgan fingerprint density at radius 3 is 2.38 bits per heavy atom. The lowest BCUT2D eigenvalue weighted by Gasteiger charge is -2.21. The summed E-state index contributed by atoms with van der Waals surface area (Å²) in [5.74, 6) is 0.460. The highest BCUT2D eigenvalue weighted by molar-refractivity contribution is 7.89. The topological polar surface area (TPSA) is 84.7 Å². The number of imidazole rings is 1. The van der Waals surface area contributed by atoms with Crippen molar-refractivity contribution in [3.63, 3.8) is 0 Å². The van der Waals surface area contributed by atoms with E-state index in [9.17, 15) is 13.2 Å². The molecule has 1 fully saturated rings. The number of benzene rings is 2. The zero-order valence-corrected chi connectivity index (χ0v) is 18.7. The maximum Gasteiger partial charge on any atom is 0.262 e. The molecule has 0 spiro atoms. The lowest BCUT2D eigenvalue weighted by Crippen LogP contribution is -2.39. The van der Waals surface area contributed by atoms with Gasteiger partial charge in [-0.3, -0.25) is 4.79 Å². The van der Waals surface area contributed by atoms with E-state index in [1.807, 2.05) is 54.6 Å². The smallest absolute Gasteiger partial charge is 0.262 e.